The van der Waals surface area contributed by atoms with Crippen molar-refractivity contribution in [3.63, 3.8) is 0 Å². The number of alkyl halides is 12. The van der Waals surface area contributed by atoms with Crippen LogP contribution >= 0.6 is 0 Å². The van der Waals surface area contributed by atoms with Crippen LogP contribution in [0.25, 0.3) is 0 Å². The summed E-state index contributed by atoms with van der Waals surface area (Å²) in [5.41, 5.74) is -3.27. The van der Waals surface area contributed by atoms with E-state index in [-0.39, 0.29) is 0 Å². The normalized spacial score (nSPS) is 14.9. The minimum Gasteiger partial charge on any atom is -0.440 e. The van der Waals surface area contributed by atoms with E-state index in [1.807, 2.05) is 0 Å². The second-order valence-electron chi connectivity index (χ2n) is 6.58. The van der Waals surface area contributed by atoms with Crippen LogP contribution in [0.2, 0.25) is 0 Å². The molecule has 30 heavy (non-hydrogen) atoms. The van der Waals surface area contributed by atoms with Gasteiger partial charge in [-0.05, 0) is 5.41 Å². The third-order valence-electron chi connectivity index (χ3n) is 2.94. The van der Waals surface area contributed by atoms with Gasteiger partial charge in [0.15, 0.2) is 0 Å². The zero-order valence-corrected chi connectivity index (χ0v) is 14.9. The van der Waals surface area contributed by atoms with Crippen molar-refractivity contribution in [3.8, 4) is 0 Å². The van der Waals surface area contributed by atoms with Crippen molar-refractivity contribution in [2.45, 2.75) is 57.7 Å². The molecule has 0 aromatic carbocycles. The van der Waals surface area contributed by atoms with Crippen molar-refractivity contribution in [2.24, 2.45) is 5.41 Å². The van der Waals surface area contributed by atoms with Crippen LogP contribution < -0.4 is 0 Å². The van der Waals surface area contributed by atoms with Gasteiger partial charge in [0.05, 0.1) is 0 Å². The summed E-state index contributed by atoms with van der Waals surface area (Å²) in [6.07, 6.45) is -34.4. The number of halogens is 12. The molecule has 4 nitrogen and oxygen atoms in total. The molecule has 0 N–H and O–H groups in total. The SMILES string of the molecule is CC(C)(C)/C(=C\C(=O)OC(C(F)(F)F)C(F)(F)F)C(=O)OC(C(F)(F)F)C(F)(F)F. The monoisotopic (exact) mass is 472 g/mol. The lowest BCUT2D eigenvalue weighted by Crippen LogP contribution is -2.46. The minimum absolute atomic E-state index is 0.406. The zero-order valence-electron chi connectivity index (χ0n) is 14.9. The van der Waals surface area contributed by atoms with Crippen molar-refractivity contribution < 1.29 is 71.7 Å². The second-order valence-corrected chi connectivity index (χ2v) is 6.58. The van der Waals surface area contributed by atoms with E-state index in [4.69, 9.17) is 0 Å². The standard InChI is InChI=1S/C14H12F12O4/c1-10(2,3)5(7(28)30-9(13(21,22)23)14(24,25)26)4-6(27)29-8(11(15,16)17)12(18,19)20/h4,8-9H,1-3H3/b5-4-. The van der Waals surface area contributed by atoms with E-state index in [2.05, 4.69) is 9.47 Å². The Balaban J connectivity index is 5.99. The molecule has 0 unspecified atom stereocenters. The van der Waals surface area contributed by atoms with Crippen LogP contribution in [0, 0.1) is 5.41 Å². The van der Waals surface area contributed by atoms with Gasteiger partial charge in [0.25, 0.3) is 12.2 Å². The fraction of sp³-hybridized carbons (Fsp3) is 0.714. The van der Waals surface area contributed by atoms with Gasteiger partial charge in [-0.3, -0.25) is 0 Å². The van der Waals surface area contributed by atoms with E-state index in [0.717, 1.165) is 20.8 Å². The number of esters is 2. The molecule has 0 bridgehead atoms. The van der Waals surface area contributed by atoms with Crippen LogP contribution in [0.5, 0.6) is 0 Å². The Labute approximate surface area is 159 Å². The van der Waals surface area contributed by atoms with Crippen molar-refractivity contribution in [1.82, 2.24) is 0 Å². The minimum atomic E-state index is -6.16. The Morgan fingerprint density at radius 1 is 0.633 bits per heavy atom. The Hall–Kier alpha value is -2.16. The van der Waals surface area contributed by atoms with Crippen molar-refractivity contribution >= 4 is 11.9 Å². The molecular formula is C14H12F12O4. The fourth-order valence-corrected chi connectivity index (χ4v) is 1.66. The lowest BCUT2D eigenvalue weighted by Gasteiger charge is -2.27. The Bertz CT molecular complexity index is 633. The summed E-state index contributed by atoms with van der Waals surface area (Å²) in [7, 11) is 0. The molecular weight excluding hydrogens is 460 g/mol. The van der Waals surface area contributed by atoms with E-state index >= 15 is 0 Å². The first-order chi connectivity index (χ1) is 12.9. The average Bonchev–Trinajstić information content (AvgIpc) is 2.41. The molecule has 0 fully saturated rings. The van der Waals surface area contributed by atoms with E-state index < -0.39 is 65.9 Å². The number of carbonyl (C=O) groups is 2. The van der Waals surface area contributed by atoms with Crippen LogP contribution in [-0.4, -0.2) is 48.9 Å². The topological polar surface area (TPSA) is 52.6 Å². The average molecular weight is 472 g/mol. The number of carbonyl (C=O) groups excluding carboxylic acids is 2. The van der Waals surface area contributed by atoms with Crippen molar-refractivity contribution in [3.05, 3.63) is 11.6 Å². The molecule has 0 aliphatic heterocycles. The van der Waals surface area contributed by atoms with Gasteiger partial charge in [-0.15, -0.1) is 0 Å². The highest BCUT2D eigenvalue weighted by atomic mass is 19.4. The summed E-state index contributed by atoms with van der Waals surface area (Å²) in [5.74, 6) is -4.97. The molecule has 0 aliphatic rings. The summed E-state index contributed by atoms with van der Waals surface area (Å²) in [5, 5.41) is 0. The highest BCUT2D eigenvalue weighted by molar-refractivity contribution is 5.97. The molecule has 0 saturated carbocycles. The van der Waals surface area contributed by atoms with E-state index in [0.29, 0.717) is 0 Å². The van der Waals surface area contributed by atoms with Crippen LogP contribution in [0.1, 0.15) is 20.8 Å². The molecule has 0 saturated heterocycles. The maximum atomic E-state index is 12.5. The second kappa shape index (κ2) is 8.53. The lowest BCUT2D eigenvalue weighted by molar-refractivity contribution is -0.313. The Morgan fingerprint density at radius 2 is 0.933 bits per heavy atom. The Morgan fingerprint density at radius 3 is 1.20 bits per heavy atom. The van der Waals surface area contributed by atoms with Crippen LogP contribution in [0.4, 0.5) is 52.7 Å². The van der Waals surface area contributed by atoms with E-state index in [9.17, 15) is 62.3 Å². The van der Waals surface area contributed by atoms with E-state index in [1.165, 1.54) is 0 Å². The molecule has 0 aromatic rings. The summed E-state index contributed by atoms with van der Waals surface area (Å²) in [6.45, 7) is 2.69. The van der Waals surface area contributed by atoms with Gasteiger partial charge in [-0.2, -0.15) is 52.7 Å². The lowest BCUT2D eigenvalue weighted by atomic mass is 9.86. The molecule has 0 amide bonds. The number of rotatable bonds is 4. The molecule has 0 radical (unpaired) electrons. The third kappa shape index (κ3) is 8.30. The number of ether oxygens (including phenoxy) is 2. The summed E-state index contributed by atoms with van der Waals surface area (Å²) >= 11 is 0. The largest absolute Gasteiger partial charge is 0.440 e. The van der Waals surface area contributed by atoms with Gasteiger partial charge in [-0.25, -0.2) is 9.59 Å². The predicted molar refractivity (Wildman–Crippen MR) is 71.5 cm³/mol. The number of hydrogen-bond acceptors (Lipinski definition) is 4. The highest BCUT2D eigenvalue weighted by Crippen LogP contribution is 2.38. The van der Waals surface area contributed by atoms with E-state index in [1.54, 1.807) is 0 Å². The van der Waals surface area contributed by atoms with Gasteiger partial charge < -0.3 is 9.47 Å². The van der Waals surface area contributed by atoms with Crippen molar-refractivity contribution in [2.75, 3.05) is 0 Å². The maximum Gasteiger partial charge on any atom is 0.434 e. The molecule has 0 spiro atoms. The van der Waals surface area contributed by atoms with Gasteiger partial charge in [0, 0.05) is 11.6 Å². The molecule has 0 aromatic heterocycles. The van der Waals surface area contributed by atoms with Gasteiger partial charge in [-0.1, -0.05) is 20.8 Å². The first kappa shape index (κ1) is 27.8. The molecule has 0 rings (SSSR count). The Kier molecular flexibility index (Phi) is 7.91. The summed E-state index contributed by atoms with van der Waals surface area (Å²) < 4.78 is 156. The molecule has 176 valence electrons. The first-order valence-electron chi connectivity index (χ1n) is 7.29. The van der Waals surface area contributed by atoms with Crippen molar-refractivity contribution in [1.29, 1.82) is 0 Å². The molecule has 0 aliphatic carbocycles. The first-order valence-corrected chi connectivity index (χ1v) is 7.29. The zero-order chi connectivity index (χ0) is 24.5. The smallest absolute Gasteiger partial charge is 0.434 e. The fourth-order valence-electron chi connectivity index (χ4n) is 1.66. The molecule has 16 heteroatoms. The molecule has 0 heterocycles. The number of hydrogen-bond donors (Lipinski definition) is 0. The third-order valence-corrected chi connectivity index (χ3v) is 2.94. The maximum absolute atomic E-state index is 12.5. The van der Waals surface area contributed by atoms with Crippen LogP contribution in [-0.2, 0) is 19.1 Å². The highest BCUT2D eigenvalue weighted by Gasteiger charge is 2.61. The summed E-state index contributed by atoms with van der Waals surface area (Å²) in [6, 6.07) is 0. The predicted octanol–water partition coefficient (Wildman–Crippen LogP) is 5.03. The van der Waals surface area contributed by atoms with Gasteiger partial charge in [0.1, 0.15) is 0 Å². The van der Waals surface area contributed by atoms with Gasteiger partial charge >= 0.3 is 36.6 Å². The van der Waals surface area contributed by atoms with Crippen LogP contribution in [0.15, 0.2) is 11.6 Å². The summed E-state index contributed by atoms with van der Waals surface area (Å²) in [4.78, 5) is 23.2. The van der Waals surface area contributed by atoms with Crippen LogP contribution in [0.3, 0.4) is 0 Å². The quantitative estimate of drug-likeness (QED) is 0.327. The van der Waals surface area contributed by atoms with Gasteiger partial charge in [0.2, 0.25) is 0 Å². The molecule has 0 atom stereocenters.